The van der Waals surface area contributed by atoms with E-state index in [2.05, 4.69) is 10.6 Å². The normalized spacial score (nSPS) is 31.7. The Morgan fingerprint density at radius 2 is 1.59 bits per heavy atom. The van der Waals surface area contributed by atoms with Crippen LogP contribution in [0.3, 0.4) is 0 Å². The fourth-order valence-electron chi connectivity index (χ4n) is 12.1. The highest BCUT2D eigenvalue weighted by molar-refractivity contribution is 8.00. The Hall–Kier alpha value is -5.71. The quantitative estimate of drug-likeness (QED) is 0.0343. The molecule has 3 amide bonds. The summed E-state index contributed by atoms with van der Waals surface area (Å²) >= 11 is 0.937. The van der Waals surface area contributed by atoms with E-state index in [0.29, 0.717) is 63.4 Å². The smallest absolute Gasteiger partial charge is 0.329 e. The van der Waals surface area contributed by atoms with Crippen LogP contribution in [0.15, 0.2) is 47.6 Å². The van der Waals surface area contributed by atoms with E-state index >= 15 is 0 Å². The third kappa shape index (κ3) is 24.3. The second kappa shape index (κ2) is 38.5. The van der Waals surface area contributed by atoms with Gasteiger partial charge in [0.15, 0.2) is 5.78 Å². The predicted octanol–water partition coefficient (Wildman–Crippen LogP) is 4.36. The fourth-order valence-corrected chi connectivity index (χ4v) is 12.9. The Kier molecular flexibility index (Phi) is 32.9. The number of fused-ring (bicyclic) bond motifs is 3. The molecule has 1 saturated carbocycles. The number of amides is 3. The third-order valence-electron chi connectivity index (χ3n) is 17.7. The van der Waals surface area contributed by atoms with Crippen molar-refractivity contribution >= 4 is 70.7 Å². The number of methoxy groups -OCH3 is 3. The van der Waals surface area contributed by atoms with Crippen LogP contribution < -0.4 is 16.4 Å². The van der Waals surface area contributed by atoms with Crippen LogP contribution in [0.1, 0.15) is 138 Å². The lowest BCUT2D eigenvalue weighted by atomic mass is 9.78. The molecular weight excluding hydrogens is 1200 g/mol. The summed E-state index contributed by atoms with van der Waals surface area (Å²) in [6.45, 7) is 11.6. The molecule has 0 aromatic carbocycles. The average Bonchev–Trinajstić information content (AvgIpc) is 0.861. The zero-order valence-electron chi connectivity index (χ0n) is 54.5. The number of carboxylic acids is 2. The largest absolute Gasteiger partial charge is 0.480 e. The first-order chi connectivity index (χ1) is 43.0. The third-order valence-corrected chi connectivity index (χ3v) is 18.7. The number of rotatable bonds is 22. The van der Waals surface area contributed by atoms with Crippen molar-refractivity contribution in [1.29, 1.82) is 0 Å². The summed E-state index contributed by atoms with van der Waals surface area (Å²) in [6.07, 6.45) is 9.43. The molecule has 512 valence electrons. The number of ether oxygens (including phenoxy) is 7. The highest BCUT2D eigenvalue weighted by Gasteiger charge is 2.53. The zero-order chi connectivity index (χ0) is 67.7. The number of carbonyl (C=O) groups excluding carboxylic acids is 8. The first-order valence-electron chi connectivity index (χ1n) is 31.7. The summed E-state index contributed by atoms with van der Waals surface area (Å²) in [7, 11) is 4.45. The zero-order valence-corrected chi connectivity index (χ0v) is 55.3. The molecule has 25 nitrogen and oxygen atoms in total. The molecule has 2 saturated heterocycles. The topological polar surface area (TPSA) is 370 Å². The van der Waals surface area contributed by atoms with Gasteiger partial charge in [-0.25, -0.2) is 4.79 Å². The van der Waals surface area contributed by atoms with Crippen LogP contribution in [0.25, 0.3) is 0 Å². The number of hydrogen-bond donors (Lipinski definition) is 7. The van der Waals surface area contributed by atoms with E-state index < -0.39 is 144 Å². The molecule has 4 rings (SSSR count). The molecule has 0 aromatic heterocycles. The first-order valence-corrected chi connectivity index (χ1v) is 32.8. The number of Topliss-reactive ketones (excluding diaryl/α,β-unsaturated/α-hetero) is 3. The number of aliphatic hydroxyl groups is 2. The van der Waals surface area contributed by atoms with Crippen molar-refractivity contribution in [3.63, 3.8) is 0 Å². The molecule has 17 atom stereocenters. The summed E-state index contributed by atoms with van der Waals surface area (Å²) < 4.78 is 41.4. The SMILES string of the molecule is CO[C@H]1C[C@@H]2CC[C@@H](C)[C@@](O)(O2)C(=O)C(=O)N2CCCC[C@H]2C(=O)OC([C@H](C)C[C@@H]2CC[C@@H](OCCOC(=O)CSC[C@H](NC(=O)CC[C@H](N)C(=O)O)C(=O)NCC(=O)O)[C@H](OC)C2)CC(=O)[C@H](C)/C=C(\C)[C@@H](O)[C@@H](OC)C(=O)[C@H](C)C[C@@H](C)/C=C\C=CC=C1C. The van der Waals surface area contributed by atoms with E-state index in [-0.39, 0.29) is 86.8 Å². The van der Waals surface area contributed by atoms with Gasteiger partial charge >= 0.3 is 23.9 Å². The van der Waals surface area contributed by atoms with E-state index in [0.717, 1.165) is 22.2 Å². The second-order valence-electron chi connectivity index (χ2n) is 24.9. The number of piperidine rings is 1. The van der Waals surface area contributed by atoms with Gasteiger partial charge in [-0.05, 0) is 113 Å². The number of carbonyl (C=O) groups is 10. The van der Waals surface area contributed by atoms with E-state index in [1.165, 1.54) is 7.11 Å². The Labute approximate surface area is 538 Å². The summed E-state index contributed by atoms with van der Waals surface area (Å²) in [5, 5.41) is 46.3. The maximum atomic E-state index is 14.7. The standard InChI is InChI=1S/C65H100N4O21S/c1-37-16-12-11-13-17-38(2)51(84-8)32-45-21-19-43(7)65(83,90-45)60(77)62(79)69-25-15-14-18-48(69)64(82)89-52(33-49(70)39(3)29-42(6)58(76)59(86-10)57(75)41(5)28-37)40(4)30-44-20-23-50(53(31-44)85-9)87-26-27-88-56(74)36-91-35-47(61(78)67-34-55(72)73)68-54(71)24-22-46(66)63(80)81/h11-13,16-17,29,37,39-41,43-48,50-53,58-59,76,83H,14-15,18-28,30-36,66H2,1-10H3,(H,67,78)(H,68,71)(H,72,73)(H,80,81)/b13-11?,16-12-,38-17?,42-29+/t37-,39+,40+,41+,43+,44-,45-,46-,47-,48-,50+,51-,52?,53+,58+,59-,65+/m0/s1. The minimum absolute atomic E-state index is 0.00125. The average molecular weight is 1310 g/mol. The molecule has 0 radical (unpaired) electrons. The van der Waals surface area contributed by atoms with Crippen LogP contribution in [0.2, 0.25) is 0 Å². The molecule has 3 heterocycles. The summed E-state index contributed by atoms with van der Waals surface area (Å²) in [4.78, 5) is 133. The molecule has 2 bridgehead atoms. The van der Waals surface area contributed by atoms with Crippen molar-refractivity contribution in [3.05, 3.63) is 47.6 Å². The van der Waals surface area contributed by atoms with Gasteiger partial charge in [0.05, 0.1) is 36.8 Å². The summed E-state index contributed by atoms with van der Waals surface area (Å²) in [5.41, 5.74) is 6.65. The predicted molar refractivity (Wildman–Crippen MR) is 335 cm³/mol. The van der Waals surface area contributed by atoms with Gasteiger partial charge in [-0.3, -0.25) is 43.2 Å². The summed E-state index contributed by atoms with van der Waals surface area (Å²) in [5.74, 6) is -14.1. The van der Waals surface area contributed by atoms with E-state index in [1.807, 2.05) is 51.2 Å². The maximum absolute atomic E-state index is 14.7. The number of cyclic esters (lactones) is 1. The fraction of sp³-hybridized carbons (Fsp3) is 0.723. The lowest BCUT2D eigenvalue weighted by Crippen LogP contribution is -2.61. The van der Waals surface area contributed by atoms with Gasteiger partial charge in [0.1, 0.15) is 55.4 Å². The summed E-state index contributed by atoms with van der Waals surface area (Å²) in [6, 6.07) is -3.80. The highest BCUT2D eigenvalue weighted by Crippen LogP contribution is 2.38. The van der Waals surface area contributed by atoms with Crippen LogP contribution in [0.4, 0.5) is 0 Å². The van der Waals surface area contributed by atoms with Crippen molar-refractivity contribution in [2.75, 3.05) is 59.1 Å². The number of carboxylic acid groups (broad SMARTS) is 2. The number of allylic oxidation sites excluding steroid dienone is 6. The number of ketones is 3. The molecule has 1 aliphatic carbocycles. The van der Waals surface area contributed by atoms with Gasteiger partial charge in [-0.15, -0.1) is 11.8 Å². The second-order valence-corrected chi connectivity index (χ2v) is 25.9. The van der Waals surface area contributed by atoms with Gasteiger partial charge in [-0.2, -0.15) is 0 Å². The van der Waals surface area contributed by atoms with Gasteiger partial charge < -0.3 is 74.9 Å². The van der Waals surface area contributed by atoms with Gasteiger partial charge in [-0.1, -0.05) is 71.1 Å². The van der Waals surface area contributed by atoms with Crippen molar-refractivity contribution in [1.82, 2.24) is 15.5 Å². The van der Waals surface area contributed by atoms with E-state index in [9.17, 15) is 58.2 Å². The molecule has 4 aliphatic rings. The van der Waals surface area contributed by atoms with E-state index in [4.69, 9.17) is 49.1 Å². The molecule has 3 aliphatic heterocycles. The number of thioether (sulfide) groups is 1. The molecule has 3 fully saturated rings. The van der Waals surface area contributed by atoms with Crippen molar-refractivity contribution in [2.24, 2.45) is 41.2 Å². The van der Waals surface area contributed by atoms with Gasteiger partial charge in [0, 0.05) is 70.6 Å². The number of hydrogen-bond acceptors (Lipinski definition) is 21. The molecule has 26 heteroatoms. The van der Waals surface area contributed by atoms with Crippen LogP contribution in [0.5, 0.6) is 0 Å². The Morgan fingerprint density at radius 1 is 0.868 bits per heavy atom. The number of esters is 2. The highest BCUT2D eigenvalue weighted by atomic mass is 32.2. The van der Waals surface area contributed by atoms with Crippen LogP contribution in [-0.2, 0) is 81.1 Å². The molecule has 0 spiro atoms. The minimum atomic E-state index is -2.50. The first kappa shape index (κ1) is 77.7. The van der Waals surface area contributed by atoms with Gasteiger partial charge in [0.25, 0.3) is 11.7 Å². The van der Waals surface area contributed by atoms with Crippen molar-refractivity contribution in [3.8, 4) is 0 Å². The van der Waals surface area contributed by atoms with E-state index in [1.54, 1.807) is 48.0 Å². The Morgan fingerprint density at radius 3 is 2.26 bits per heavy atom. The Bertz CT molecular complexity index is 2610. The molecule has 91 heavy (non-hydrogen) atoms. The van der Waals surface area contributed by atoms with Gasteiger partial charge in [0.2, 0.25) is 17.6 Å². The lowest BCUT2D eigenvalue weighted by molar-refractivity contribution is -0.265. The maximum Gasteiger partial charge on any atom is 0.329 e. The Balaban J connectivity index is 1.51. The van der Waals surface area contributed by atoms with Crippen LogP contribution >= 0.6 is 11.8 Å². The van der Waals surface area contributed by atoms with Crippen molar-refractivity contribution in [2.45, 2.75) is 205 Å². The number of nitrogens with zero attached hydrogens (tertiary/aromatic N) is 1. The minimum Gasteiger partial charge on any atom is -0.480 e. The number of aliphatic carboxylic acids is 2. The van der Waals surface area contributed by atoms with Crippen molar-refractivity contribution < 1.29 is 102 Å². The number of nitrogens with one attached hydrogen (secondary N) is 2. The molecule has 8 N–H and O–H groups in total. The monoisotopic (exact) mass is 1300 g/mol. The molecular formula is C65H100N4O21S. The number of aliphatic hydroxyl groups excluding tert-OH is 1. The van der Waals surface area contributed by atoms with Crippen LogP contribution in [-0.4, -0.2) is 210 Å². The number of nitrogens with two attached hydrogens (primary N) is 1. The molecule has 1 unspecified atom stereocenters. The van der Waals surface area contributed by atoms with Crippen LogP contribution in [0, 0.1) is 35.5 Å². The molecule has 0 aromatic rings. The lowest BCUT2D eigenvalue weighted by Gasteiger charge is -2.42.